The molecule has 1 heterocycles. The fourth-order valence-electron chi connectivity index (χ4n) is 4.04. The van der Waals surface area contributed by atoms with Crippen molar-refractivity contribution in [2.24, 2.45) is 0 Å². The highest BCUT2D eigenvalue weighted by Gasteiger charge is 2.25. The highest BCUT2D eigenvalue weighted by Crippen LogP contribution is 2.10. The SMILES string of the molecule is C=C(NCCCCCCCCCCCC)N[C@@H](C)C(=O)N[C@H]1C[S+]([O-])CCNC(=O)/C=C/[C@H](C)NC1=C. The Morgan fingerprint density at radius 1 is 1.16 bits per heavy atom. The lowest BCUT2D eigenvalue weighted by molar-refractivity contribution is -0.123. The van der Waals surface area contributed by atoms with E-state index in [9.17, 15) is 14.1 Å². The van der Waals surface area contributed by atoms with Crippen molar-refractivity contribution in [3.63, 3.8) is 0 Å². The van der Waals surface area contributed by atoms with Crippen LogP contribution in [0.15, 0.2) is 36.8 Å². The van der Waals surface area contributed by atoms with Gasteiger partial charge in [-0.2, -0.15) is 0 Å². The molecule has 9 heteroatoms. The highest BCUT2D eigenvalue weighted by atomic mass is 32.2. The van der Waals surface area contributed by atoms with Crippen LogP contribution in [0.5, 0.6) is 0 Å². The molecule has 0 aliphatic carbocycles. The molecule has 0 aromatic rings. The summed E-state index contributed by atoms with van der Waals surface area (Å²) >= 11 is -1.23. The van der Waals surface area contributed by atoms with Gasteiger partial charge in [-0.3, -0.25) is 9.59 Å². The van der Waals surface area contributed by atoms with E-state index in [2.05, 4.69) is 46.7 Å². The summed E-state index contributed by atoms with van der Waals surface area (Å²) < 4.78 is 12.5. The second-order valence-corrected chi connectivity index (χ2v) is 11.6. The normalized spacial score (nSPS) is 22.4. The van der Waals surface area contributed by atoms with Crippen LogP contribution >= 0.6 is 0 Å². The molecule has 1 unspecified atom stereocenters. The Labute approximate surface area is 228 Å². The molecule has 0 spiro atoms. The summed E-state index contributed by atoms with van der Waals surface area (Å²) in [6, 6.07) is -1.20. The second-order valence-electron chi connectivity index (χ2n) is 9.93. The Bertz CT molecular complexity index is 731. The van der Waals surface area contributed by atoms with Crippen molar-refractivity contribution in [3.05, 3.63) is 36.8 Å². The minimum atomic E-state index is -1.23. The van der Waals surface area contributed by atoms with Crippen LogP contribution in [0.3, 0.4) is 0 Å². The van der Waals surface area contributed by atoms with Crippen molar-refractivity contribution in [3.8, 4) is 0 Å². The van der Waals surface area contributed by atoms with Crippen molar-refractivity contribution < 1.29 is 14.1 Å². The summed E-state index contributed by atoms with van der Waals surface area (Å²) in [5.74, 6) is 0.697. The Balaban J connectivity index is 2.36. The van der Waals surface area contributed by atoms with Gasteiger partial charge in [-0.1, -0.05) is 83.9 Å². The van der Waals surface area contributed by atoms with Gasteiger partial charge < -0.3 is 31.1 Å². The lowest BCUT2D eigenvalue weighted by Crippen LogP contribution is -2.52. The second kappa shape index (κ2) is 19.9. The number of amides is 2. The van der Waals surface area contributed by atoms with E-state index >= 15 is 0 Å². The molecule has 5 N–H and O–H groups in total. The summed E-state index contributed by atoms with van der Waals surface area (Å²) in [6.07, 6.45) is 16.1. The molecule has 2 amide bonds. The average molecular weight is 538 g/mol. The fourth-order valence-corrected chi connectivity index (χ4v) is 5.20. The van der Waals surface area contributed by atoms with Gasteiger partial charge in [0.15, 0.2) is 0 Å². The smallest absolute Gasteiger partial charge is 0.243 e. The molecule has 4 atom stereocenters. The standard InChI is InChI=1S/C28H51N5O3S/c1-6-7-8-9-10-11-12-13-14-15-18-29-25(5)32-24(4)28(35)33-26-21-37(36)20-19-30-27(34)17-16-22(2)31-23(26)3/h16-17,22,24,26,29,31-32H,3,5-15,18-21H2,1-2,4H3,(H,30,34)(H,33,35)/b17-16+/t22-,24-,26-,37?/m0/s1. The van der Waals surface area contributed by atoms with Gasteiger partial charge in [-0.15, -0.1) is 0 Å². The van der Waals surface area contributed by atoms with Crippen molar-refractivity contribution in [2.75, 3.05) is 24.6 Å². The van der Waals surface area contributed by atoms with Gasteiger partial charge in [0.25, 0.3) is 0 Å². The first kappa shape index (κ1) is 32.9. The third kappa shape index (κ3) is 16.4. The zero-order valence-corrected chi connectivity index (χ0v) is 24.1. The van der Waals surface area contributed by atoms with E-state index in [0.717, 1.165) is 13.0 Å². The maximum absolute atomic E-state index is 12.9. The van der Waals surface area contributed by atoms with Gasteiger partial charge in [0, 0.05) is 24.4 Å². The molecule has 0 saturated carbocycles. The number of hydrogen-bond acceptors (Lipinski definition) is 6. The van der Waals surface area contributed by atoms with E-state index in [4.69, 9.17) is 0 Å². The molecule has 1 aliphatic rings. The number of carbonyl (C=O) groups excluding carboxylic acids is 2. The fraction of sp³-hybridized carbons (Fsp3) is 0.714. The molecule has 8 nitrogen and oxygen atoms in total. The summed E-state index contributed by atoms with van der Waals surface area (Å²) in [6.45, 7) is 15.1. The van der Waals surface area contributed by atoms with Gasteiger partial charge in [-0.05, 0) is 31.4 Å². The Morgan fingerprint density at radius 2 is 1.78 bits per heavy atom. The predicted octanol–water partition coefficient (Wildman–Crippen LogP) is 3.36. The van der Waals surface area contributed by atoms with Gasteiger partial charge in [-0.25, -0.2) is 0 Å². The predicted molar refractivity (Wildman–Crippen MR) is 155 cm³/mol. The minimum absolute atomic E-state index is 0.171. The van der Waals surface area contributed by atoms with Gasteiger partial charge >= 0.3 is 0 Å². The highest BCUT2D eigenvalue weighted by molar-refractivity contribution is 7.91. The Kier molecular flexibility index (Phi) is 17.7. The van der Waals surface area contributed by atoms with E-state index in [1.807, 2.05) is 6.92 Å². The maximum atomic E-state index is 12.9. The van der Waals surface area contributed by atoms with Crippen LogP contribution in [-0.4, -0.2) is 59.1 Å². The minimum Gasteiger partial charge on any atom is -0.616 e. The number of carbonyl (C=O) groups is 2. The first-order valence-corrected chi connectivity index (χ1v) is 15.5. The molecule has 0 radical (unpaired) electrons. The Hall–Kier alpha value is -2.13. The van der Waals surface area contributed by atoms with Crippen LogP contribution in [0.4, 0.5) is 0 Å². The topological polar surface area (TPSA) is 117 Å². The zero-order valence-electron chi connectivity index (χ0n) is 23.3. The molecular formula is C28H51N5O3S. The molecule has 1 aliphatic heterocycles. The molecular weight excluding hydrogens is 486 g/mol. The number of hydrogen-bond donors (Lipinski definition) is 5. The maximum Gasteiger partial charge on any atom is 0.243 e. The first-order chi connectivity index (χ1) is 17.7. The van der Waals surface area contributed by atoms with E-state index < -0.39 is 23.3 Å². The number of nitrogens with one attached hydrogen (secondary N) is 5. The molecule has 1 rings (SSSR count). The van der Waals surface area contributed by atoms with Crippen molar-refractivity contribution in [1.82, 2.24) is 26.6 Å². The van der Waals surface area contributed by atoms with E-state index in [1.165, 1.54) is 63.9 Å². The molecule has 0 aromatic heterocycles. The largest absolute Gasteiger partial charge is 0.616 e. The van der Waals surface area contributed by atoms with Gasteiger partial charge in [0.2, 0.25) is 11.8 Å². The van der Waals surface area contributed by atoms with Gasteiger partial charge in [0.05, 0.1) is 12.4 Å². The quantitative estimate of drug-likeness (QED) is 0.152. The van der Waals surface area contributed by atoms with Crippen LogP contribution in [0.1, 0.15) is 85.0 Å². The first-order valence-electron chi connectivity index (χ1n) is 14.0. The summed E-state index contributed by atoms with van der Waals surface area (Å²) in [4.78, 5) is 24.6. The third-order valence-corrected chi connectivity index (χ3v) is 7.69. The van der Waals surface area contributed by atoms with Crippen LogP contribution in [0.25, 0.3) is 0 Å². The molecule has 212 valence electrons. The lowest BCUT2D eigenvalue weighted by Gasteiger charge is -2.27. The van der Waals surface area contributed by atoms with Crippen LogP contribution in [0.2, 0.25) is 0 Å². The van der Waals surface area contributed by atoms with Crippen molar-refractivity contribution in [1.29, 1.82) is 0 Å². The van der Waals surface area contributed by atoms with Gasteiger partial charge in [0.1, 0.15) is 23.6 Å². The molecule has 0 saturated heterocycles. The zero-order chi connectivity index (χ0) is 27.5. The van der Waals surface area contributed by atoms with E-state index in [0.29, 0.717) is 23.8 Å². The number of rotatable bonds is 16. The van der Waals surface area contributed by atoms with Crippen LogP contribution < -0.4 is 26.6 Å². The van der Waals surface area contributed by atoms with Crippen molar-refractivity contribution in [2.45, 2.75) is 103 Å². The monoisotopic (exact) mass is 537 g/mol. The molecule has 0 fully saturated rings. The van der Waals surface area contributed by atoms with Crippen molar-refractivity contribution >= 4 is 23.0 Å². The lowest BCUT2D eigenvalue weighted by atomic mass is 10.1. The summed E-state index contributed by atoms with van der Waals surface area (Å²) in [5, 5.41) is 15.2. The average Bonchev–Trinajstić information content (AvgIpc) is 2.84. The van der Waals surface area contributed by atoms with Crippen LogP contribution in [0, 0.1) is 0 Å². The summed E-state index contributed by atoms with van der Waals surface area (Å²) in [5.41, 5.74) is 0.560. The van der Waals surface area contributed by atoms with E-state index in [-0.39, 0.29) is 23.6 Å². The summed E-state index contributed by atoms with van der Waals surface area (Å²) in [7, 11) is 0. The van der Waals surface area contributed by atoms with Crippen LogP contribution in [-0.2, 0) is 20.8 Å². The third-order valence-electron chi connectivity index (χ3n) is 6.32. The molecule has 0 bridgehead atoms. The number of unbranched alkanes of at least 4 members (excludes halogenated alkanes) is 9. The molecule has 0 aromatic carbocycles. The van der Waals surface area contributed by atoms with E-state index in [1.54, 1.807) is 13.0 Å². The molecule has 37 heavy (non-hydrogen) atoms. The Morgan fingerprint density at radius 3 is 2.43 bits per heavy atom.